The Balaban J connectivity index is 1.31. The number of hydrogen-bond acceptors (Lipinski definition) is 4. The van der Waals surface area contributed by atoms with E-state index >= 15 is 0 Å². The van der Waals surface area contributed by atoms with Gasteiger partial charge in [-0.15, -0.1) is 0 Å². The molecule has 0 saturated heterocycles. The summed E-state index contributed by atoms with van der Waals surface area (Å²) in [4.78, 5) is 15.4. The lowest BCUT2D eigenvalue weighted by Crippen LogP contribution is -2.01. The minimum Gasteiger partial charge on any atom is -0.456 e. The monoisotopic (exact) mass is 574 g/mol. The molecule has 4 nitrogen and oxygen atoms in total. The number of para-hydroxylation sites is 1. The van der Waals surface area contributed by atoms with Gasteiger partial charge in [-0.25, -0.2) is 15.0 Å². The average Bonchev–Trinajstić information content (AvgIpc) is 3.50. The third-order valence-electron chi connectivity index (χ3n) is 8.47. The van der Waals surface area contributed by atoms with Crippen LogP contribution in [0.2, 0.25) is 0 Å². The molecule has 0 spiro atoms. The first-order valence-electron chi connectivity index (χ1n) is 14.9. The largest absolute Gasteiger partial charge is 0.456 e. The average molecular weight is 575 g/mol. The molecule has 0 radical (unpaired) electrons. The van der Waals surface area contributed by atoms with Crippen molar-refractivity contribution in [2.75, 3.05) is 0 Å². The first-order chi connectivity index (χ1) is 22.3. The fraction of sp³-hybridized carbons (Fsp3) is 0. The van der Waals surface area contributed by atoms with Gasteiger partial charge < -0.3 is 4.42 Å². The lowest BCUT2D eigenvalue weighted by atomic mass is 9.95. The van der Waals surface area contributed by atoms with Gasteiger partial charge in [0.1, 0.15) is 23.3 Å². The third kappa shape index (κ3) is 4.24. The zero-order valence-electron chi connectivity index (χ0n) is 24.1. The van der Waals surface area contributed by atoms with Gasteiger partial charge in [0, 0.05) is 39.6 Å². The Morgan fingerprint density at radius 1 is 0.467 bits per heavy atom. The van der Waals surface area contributed by atoms with Gasteiger partial charge in [-0.1, -0.05) is 97.1 Å². The third-order valence-corrected chi connectivity index (χ3v) is 8.47. The molecule has 8 aromatic rings. The molecule has 0 atom stereocenters. The van der Waals surface area contributed by atoms with Crippen molar-refractivity contribution >= 4 is 44.9 Å². The Kier molecular flexibility index (Phi) is 5.73. The highest BCUT2D eigenvalue weighted by molar-refractivity contribution is 6.12. The summed E-state index contributed by atoms with van der Waals surface area (Å²) < 4.78 is 6.23. The molecule has 45 heavy (non-hydrogen) atoms. The topological polar surface area (TPSA) is 51.8 Å². The second-order valence-corrected chi connectivity index (χ2v) is 11.1. The molecule has 208 valence electrons. The number of nitrogens with zero attached hydrogens (tertiary/aromatic N) is 3. The highest BCUT2D eigenvalue weighted by atomic mass is 16.3. The zero-order valence-corrected chi connectivity index (χ0v) is 24.1. The Hall–Kier alpha value is -6.22. The molecule has 9 rings (SSSR count). The molecule has 0 N–H and O–H groups in total. The molecular formula is C41H24N3O+. The van der Waals surface area contributed by atoms with Gasteiger partial charge in [-0.05, 0) is 46.2 Å². The lowest BCUT2D eigenvalue weighted by Gasteiger charge is -2.13. The van der Waals surface area contributed by atoms with E-state index in [-0.39, 0.29) is 0 Å². The van der Waals surface area contributed by atoms with Gasteiger partial charge >= 0.3 is 0 Å². The van der Waals surface area contributed by atoms with Crippen LogP contribution in [0, 0.1) is 6.08 Å². The predicted molar refractivity (Wildman–Crippen MR) is 183 cm³/mol. The highest BCUT2D eigenvalue weighted by Gasteiger charge is 2.20. The molecule has 0 aliphatic heterocycles. The van der Waals surface area contributed by atoms with E-state index in [1.54, 1.807) is 0 Å². The smallest absolute Gasteiger partial charge is 0.164 e. The van der Waals surface area contributed by atoms with Crippen LogP contribution in [0.3, 0.4) is 0 Å². The van der Waals surface area contributed by atoms with Crippen LogP contribution in [0.5, 0.6) is 0 Å². The molecule has 1 aliphatic carbocycles. The van der Waals surface area contributed by atoms with Crippen molar-refractivity contribution < 1.29 is 4.42 Å². The summed E-state index contributed by atoms with van der Waals surface area (Å²) in [6.45, 7) is 0. The first kappa shape index (κ1) is 25.3. The van der Waals surface area contributed by atoms with Crippen LogP contribution in [0.25, 0.3) is 90.2 Å². The van der Waals surface area contributed by atoms with Crippen LogP contribution in [-0.4, -0.2) is 15.0 Å². The minimum absolute atomic E-state index is 0.602. The van der Waals surface area contributed by atoms with E-state index in [9.17, 15) is 0 Å². The minimum atomic E-state index is 0.602. The lowest BCUT2D eigenvalue weighted by molar-refractivity contribution is 0.669. The van der Waals surface area contributed by atoms with Crippen LogP contribution in [0.1, 0.15) is 11.1 Å². The summed E-state index contributed by atoms with van der Waals surface area (Å²) in [6.07, 6.45) is 9.16. The molecule has 2 heterocycles. The fourth-order valence-electron chi connectivity index (χ4n) is 6.35. The van der Waals surface area contributed by atoms with E-state index in [1.165, 1.54) is 11.1 Å². The summed E-state index contributed by atoms with van der Waals surface area (Å²) in [5.41, 5.74) is 8.99. The van der Waals surface area contributed by atoms with Crippen molar-refractivity contribution in [1.82, 2.24) is 15.0 Å². The van der Waals surface area contributed by atoms with Gasteiger partial charge in [0.25, 0.3) is 0 Å². The van der Waals surface area contributed by atoms with Crippen molar-refractivity contribution in [3.63, 3.8) is 0 Å². The molecular weight excluding hydrogens is 550 g/mol. The molecule has 2 aromatic heterocycles. The summed E-state index contributed by atoms with van der Waals surface area (Å²) in [5.74, 6) is 1.84. The van der Waals surface area contributed by atoms with Gasteiger partial charge in [-0.3, -0.25) is 0 Å². The van der Waals surface area contributed by atoms with Crippen LogP contribution in [0.15, 0.2) is 138 Å². The first-order valence-corrected chi connectivity index (χ1v) is 14.9. The van der Waals surface area contributed by atoms with Crippen molar-refractivity contribution in [1.29, 1.82) is 0 Å². The fourth-order valence-corrected chi connectivity index (χ4v) is 6.35. The highest BCUT2D eigenvalue weighted by Crippen LogP contribution is 2.38. The van der Waals surface area contributed by atoms with Crippen molar-refractivity contribution in [2.24, 2.45) is 0 Å². The number of furan rings is 1. The maximum atomic E-state index is 6.23. The van der Waals surface area contributed by atoms with E-state index in [2.05, 4.69) is 103 Å². The Morgan fingerprint density at radius 3 is 2.02 bits per heavy atom. The second kappa shape index (κ2) is 10.2. The van der Waals surface area contributed by atoms with Gasteiger partial charge in [0.05, 0.1) is 17.2 Å². The second-order valence-electron chi connectivity index (χ2n) is 11.1. The molecule has 4 heteroatoms. The van der Waals surface area contributed by atoms with E-state index in [1.807, 2.05) is 48.6 Å². The van der Waals surface area contributed by atoms with E-state index in [4.69, 9.17) is 19.4 Å². The number of aromatic nitrogens is 3. The van der Waals surface area contributed by atoms with E-state index < -0.39 is 0 Å². The number of hydrogen-bond donors (Lipinski definition) is 0. The molecule has 1 aliphatic rings. The maximum Gasteiger partial charge on any atom is 0.164 e. The van der Waals surface area contributed by atoms with Gasteiger partial charge in [0.15, 0.2) is 17.5 Å². The van der Waals surface area contributed by atoms with Gasteiger partial charge in [0.2, 0.25) is 0 Å². The number of allylic oxidation sites excluding steroid dienone is 2. The number of fused-ring (bicyclic) bond motifs is 5. The van der Waals surface area contributed by atoms with Crippen molar-refractivity contribution in [2.45, 2.75) is 0 Å². The quantitative estimate of drug-likeness (QED) is 0.196. The van der Waals surface area contributed by atoms with Gasteiger partial charge in [-0.2, -0.15) is 0 Å². The van der Waals surface area contributed by atoms with Crippen LogP contribution < -0.4 is 0 Å². The zero-order chi connectivity index (χ0) is 29.7. The maximum absolute atomic E-state index is 6.23. The van der Waals surface area contributed by atoms with Crippen molar-refractivity contribution in [3.05, 3.63) is 151 Å². The van der Waals surface area contributed by atoms with Crippen molar-refractivity contribution in [3.8, 4) is 45.3 Å². The van der Waals surface area contributed by atoms with E-state index in [0.29, 0.717) is 17.5 Å². The Labute approximate surface area is 259 Å². The van der Waals surface area contributed by atoms with E-state index in [0.717, 1.165) is 60.5 Å². The summed E-state index contributed by atoms with van der Waals surface area (Å²) in [6, 6.07) is 43.7. The normalized spacial score (nSPS) is 12.1. The molecule has 0 fully saturated rings. The number of benzene rings is 6. The van der Waals surface area contributed by atoms with Crippen LogP contribution >= 0.6 is 0 Å². The molecule has 0 amide bonds. The summed E-state index contributed by atoms with van der Waals surface area (Å²) in [5, 5.41) is 4.26. The molecule has 0 saturated carbocycles. The van der Waals surface area contributed by atoms with Crippen LogP contribution in [0.4, 0.5) is 0 Å². The molecule has 0 unspecified atom stereocenters. The SMILES string of the molecule is [C+]1=Cc2ccc(-c3nc(-c4cccc5c(-c6ccccc6)cccc45)nc(-c4cccc5oc6ccccc6c45)n3)cc2C=C1. The standard InChI is InChI=1S/C41H24N3O/c1-2-12-27(13-3-1)30-16-8-18-32-31(30)17-9-19-33(32)40-42-39(29-24-23-26-11-4-5-14-28(26)25-29)43-41(44-40)35-20-10-22-37-38(35)34-15-6-7-21-36(34)45-37/h1-3,5-25H/q+1. The summed E-state index contributed by atoms with van der Waals surface area (Å²) in [7, 11) is 0. The predicted octanol–water partition coefficient (Wildman–Crippen LogP) is 10.4. The number of rotatable bonds is 4. The Bertz CT molecular complexity index is 2490. The Morgan fingerprint density at radius 2 is 1.13 bits per heavy atom. The summed E-state index contributed by atoms with van der Waals surface area (Å²) >= 11 is 0. The molecule has 6 aromatic carbocycles. The molecule has 0 bridgehead atoms. The van der Waals surface area contributed by atoms with Crippen LogP contribution in [-0.2, 0) is 0 Å².